The van der Waals surface area contributed by atoms with Crippen molar-refractivity contribution in [3.05, 3.63) is 0 Å². The van der Waals surface area contributed by atoms with E-state index in [9.17, 15) is 13.3 Å². The molecule has 0 rings (SSSR count). The summed E-state index contributed by atoms with van der Waals surface area (Å²) in [5, 5.41) is 0. The van der Waals surface area contributed by atoms with Crippen molar-refractivity contribution in [3.8, 4) is 0 Å². The van der Waals surface area contributed by atoms with Gasteiger partial charge in [-0.1, -0.05) is 13.3 Å². The maximum absolute atomic E-state index is 11.4. The van der Waals surface area contributed by atoms with Gasteiger partial charge in [0.15, 0.2) is 0 Å². The number of unbranched alkanes of at least 4 members (excludes halogenated alkanes) is 1. The molecule has 0 saturated heterocycles. The third-order valence-corrected chi connectivity index (χ3v) is 6.74. The lowest BCUT2D eigenvalue weighted by molar-refractivity contribution is 0.295. The van der Waals surface area contributed by atoms with Gasteiger partial charge in [-0.25, -0.2) is 8.42 Å². The van der Waals surface area contributed by atoms with Crippen molar-refractivity contribution in [1.29, 1.82) is 0 Å². The number of sulfonamides is 1. The van der Waals surface area contributed by atoms with Crippen LogP contribution >= 0.6 is 6.64 Å². The second-order valence-electron chi connectivity index (χ2n) is 3.07. The smallest absolute Gasteiger partial charge is 0.274 e. The van der Waals surface area contributed by atoms with E-state index in [1.54, 1.807) is 6.92 Å². The summed E-state index contributed by atoms with van der Waals surface area (Å²) in [6, 6.07) is 0. The van der Waals surface area contributed by atoms with Gasteiger partial charge in [-0.05, 0) is 25.2 Å². The van der Waals surface area contributed by atoms with Crippen molar-refractivity contribution in [1.82, 2.24) is 4.08 Å². The first-order chi connectivity index (χ1) is 6.75. The molecule has 0 bridgehead atoms. The first kappa shape index (κ1) is 15.5. The van der Waals surface area contributed by atoms with Crippen LogP contribution in [-0.2, 0) is 26.4 Å². The highest BCUT2D eigenvalue weighted by Gasteiger charge is 2.31. The Labute approximate surface area is 96.7 Å². The molecule has 0 aliphatic heterocycles. The minimum atomic E-state index is -3.51. The molecule has 0 aromatic heterocycles. The van der Waals surface area contributed by atoms with Crippen LogP contribution in [-0.4, -0.2) is 36.8 Å². The van der Waals surface area contributed by atoms with E-state index in [1.165, 1.54) is 0 Å². The summed E-state index contributed by atoms with van der Waals surface area (Å²) in [4.78, 5) is 9.79. The van der Waals surface area contributed by atoms with Crippen LogP contribution in [0.4, 0.5) is 0 Å². The molecule has 15 heavy (non-hydrogen) atoms. The minimum absolute atomic E-state index is 0.200. The standard InChI is InChI=1S/C7H18NO4PS2/c1-4-6-7-8(15(3,10)11)13(9,14)12-5-2/h4-7H2,1-3H3,(H,9,14). The van der Waals surface area contributed by atoms with Crippen LogP contribution in [0.2, 0.25) is 0 Å². The van der Waals surface area contributed by atoms with Gasteiger partial charge < -0.3 is 9.42 Å². The highest BCUT2D eigenvalue weighted by atomic mass is 32.5. The lowest BCUT2D eigenvalue weighted by Crippen LogP contribution is -2.28. The molecule has 1 atom stereocenters. The van der Waals surface area contributed by atoms with E-state index >= 15 is 0 Å². The van der Waals surface area contributed by atoms with Gasteiger partial charge >= 0.3 is 0 Å². The zero-order chi connectivity index (χ0) is 12.1. The van der Waals surface area contributed by atoms with Crippen LogP contribution in [0, 0.1) is 0 Å². The highest BCUT2D eigenvalue weighted by molar-refractivity contribution is 8.13. The van der Waals surface area contributed by atoms with Crippen molar-refractivity contribution < 1.29 is 17.8 Å². The summed E-state index contributed by atoms with van der Waals surface area (Å²) in [7, 11) is -3.51. The Morgan fingerprint density at radius 1 is 1.47 bits per heavy atom. The van der Waals surface area contributed by atoms with E-state index in [-0.39, 0.29) is 13.2 Å². The fourth-order valence-electron chi connectivity index (χ4n) is 1.01. The molecule has 0 aromatic carbocycles. The van der Waals surface area contributed by atoms with Crippen LogP contribution < -0.4 is 0 Å². The van der Waals surface area contributed by atoms with E-state index in [4.69, 9.17) is 16.3 Å². The molecular weight excluding hydrogens is 257 g/mol. The largest absolute Gasteiger partial charge is 0.333 e. The quantitative estimate of drug-likeness (QED) is 0.709. The molecule has 92 valence electrons. The average molecular weight is 275 g/mol. The maximum Gasteiger partial charge on any atom is 0.274 e. The van der Waals surface area contributed by atoms with Gasteiger partial charge in [-0.2, -0.15) is 0 Å². The molecular formula is C7H18NO4PS2. The summed E-state index contributed by atoms with van der Waals surface area (Å²) < 4.78 is 28.7. The van der Waals surface area contributed by atoms with Gasteiger partial charge in [0, 0.05) is 6.54 Å². The number of hydrogen-bond acceptors (Lipinski definition) is 4. The molecule has 5 nitrogen and oxygen atoms in total. The SMILES string of the molecule is CCCCN(P(O)(=S)OCC)S(C)(=O)=O. The fraction of sp³-hybridized carbons (Fsp3) is 1.00. The number of rotatable bonds is 7. The second-order valence-corrected chi connectivity index (χ2v) is 8.40. The molecule has 0 heterocycles. The first-order valence-electron chi connectivity index (χ1n) is 4.71. The molecule has 8 heteroatoms. The summed E-state index contributed by atoms with van der Waals surface area (Å²) in [6.45, 7) is 0.633. The third kappa shape index (κ3) is 5.38. The zero-order valence-corrected chi connectivity index (χ0v) is 11.7. The minimum Gasteiger partial charge on any atom is -0.333 e. The topological polar surface area (TPSA) is 66.8 Å². The predicted molar refractivity (Wildman–Crippen MR) is 64.6 cm³/mol. The molecule has 0 amide bonds. The molecule has 0 spiro atoms. The molecule has 0 fully saturated rings. The lowest BCUT2D eigenvalue weighted by atomic mass is 10.3. The van der Waals surface area contributed by atoms with E-state index in [1.807, 2.05) is 6.92 Å². The van der Waals surface area contributed by atoms with Gasteiger partial charge in [0.05, 0.1) is 12.9 Å². The molecule has 1 unspecified atom stereocenters. The Balaban J connectivity index is 4.86. The van der Waals surface area contributed by atoms with Crippen molar-refractivity contribution in [2.24, 2.45) is 0 Å². The normalized spacial score (nSPS) is 16.6. The Kier molecular flexibility index (Phi) is 6.47. The molecule has 1 N–H and O–H groups in total. The van der Waals surface area contributed by atoms with Crippen LogP contribution in [0.15, 0.2) is 0 Å². The van der Waals surface area contributed by atoms with E-state index < -0.39 is 16.7 Å². The summed E-state index contributed by atoms with van der Waals surface area (Å²) in [5.74, 6) is 0. The monoisotopic (exact) mass is 275 g/mol. The van der Waals surface area contributed by atoms with Gasteiger partial charge in [0.25, 0.3) is 6.64 Å². The van der Waals surface area contributed by atoms with Crippen molar-refractivity contribution in [3.63, 3.8) is 0 Å². The zero-order valence-electron chi connectivity index (χ0n) is 9.21. The lowest BCUT2D eigenvalue weighted by Gasteiger charge is -2.27. The fourth-order valence-corrected chi connectivity index (χ4v) is 5.62. The summed E-state index contributed by atoms with van der Waals surface area (Å²) >= 11 is 4.82. The van der Waals surface area contributed by atoms with Crippen LogP contribution in [0.3, 0.4) is 0 Å². The van der Waals surface area contributed by atoms with Crippen LogP contribution in [0.25, 0.3) is 0 Å². The average Bonchev–Trinajstić information content (AvgIpc) is 2.01. The molecule has 0 aromatic rings. The Morgan fingerprint density at radius 2 is 2.00 bits per heavy atom. The third-order valence-electron chi connectivity index (χ3n) is 1.66. The van der Waals surface area contributed by atoms with Gasteiger partial charge in [0.2, 0.25) is 10.0 Å². The Bertz CT molecular complexity index is 330. The number of nitrogens with zero attached hydrogens (tertiary/aromatic N) is 1. The number of hydrogen-bond donors (Lipinski definition) is 1. The van der Waals surface area contributed by atoms with Crippen molar-refractivity contribution >= 4 is 28.5 Å². The molecule has 0 radical (unpaired) electrons. The molecule has 0 aliphatic carbocycles. The van der Waals surface area contributed by atoms with Crippen LogP contribution in [0.1, 0.15) is 26.7 Å². The maximum atomic E-state index is 11.4. The molecule has 0 saturated carbocycles. The summed E-state index contributed by atoms with van der Waals surface area (Å²) in [6.07, 6.45) is 2.51. The van der Waals surface area contributed by atoms with Crippen molar-refractivity contribution in [2.45, 2.75) is 26.7 Å². The highest BCUT2D eigenvalue weighted by Crippen LogP contribution is 2.48. The molecule has 0 aliphatic rings. The Hall–Kier alpha value is 0.480. The van der Waals surface area contributed by atoms with Crippen molar-refractivity contribution in [2.75, 3.05) is 19.4 Å². The van der Waals surface area contributed by atoms with Gasteiger partial charge in [0.1, 0.15) is 0 Å². The van der Waals surface area contributed by atoms with Gasteiger partial charge in [-0.3, -0.25) is 0 Å². The van der Waals surface area contributed by atoms with E-state index in [2.05, 4.69) is 0 Å². The second kappa shape index (κ2) is 6.27. The first-order valence-corrected chi connectivity index (χ1v) is 9.18. The van der Waals surface area contributed by atoms with E-state index in [0.29, 0.717) is 6.42 Å². The summed E-state index contributed by atoms with van der Waals surface area (Å²) in [5.41, 5.74) is 0. The Morgan fingerprint density at radius 3 is 2.33 bits per heavy atom. The van der Waals surface area contributed by atoms with Gasteiger partial charge in [-0.15, -0.1) is 4.08 Å². The van der Waals surface area contributed by atoms with E-state index in [0.717, 1.165) is 16.8 Å². The van der Waals surface area contributed by atoms with Crippen LogP contribution in [0.5, 0.6) is 0 Å². The predicted octanol–water partition coefficient (Wildman–Crippen LogP) is 1.30.